The van der Waals surface area contributed by atoms with Crippen LogP contribution in [0, 0.1) is 0 Å². The van der Waals surface area contributed by atoms with Crippen molar-refractivity contribution >= 4 is 5.91 Å². The van der Waals surface area contributed by atoms with E-state index in [-0.39, 0.29) is 11.9 Å². The van der Waals surface area contributed by atoms with Gasteiger partial charge in [-0.25, -0.2) is 0 Å². The Hall–Kier alpha value is -1.55. The number of hydrogen-bond acceptors (Lipinski definition) is 2. The Balaban J connectivity index is 2.03. The van der Waals surface area contributed by atoms with Gasteiger partial charge in [0.2, 0.25) is 0 Å². The van der Waals surface area contributed by atoms with E-state index in [1.54, 1.807) is 7.11 Å². The summed E-state index contributed by atoms with van der Waals surface area (Å²) in [7, 11) is 1.67. The Morgan fingerprint density at radius 2 is 2.05 bits per heavy atom. The van der Waals surface area contributed by atoms with Crippen LogP contribution in [0.15, 0.2) is 24.3 Å². The SMILES string of the molecule is CCNC(=O)[C@@H](C)[NH+](Cc1ccc(OC)cc1)C1CC1. The van der Waals surface area contributed by atoms with Crippen LogP contribution in [0.3, 0.4) is 0 Å². The van der Waals surface area contributed by atoms with Crippen LogP contribution in [0.2, 0.25) is 0 Å². The van der Waals surface area contributed by atoms with Gasteiger partial charge in [-0.2, -0.15) is 0 Å². The van der Waals surface area contributed by atoms with E-state index in [0.29, 0.717) is 12.6 Å². The highest BCUT2D eigenvalue weighted by Crippen LogP contribution is 2.17. The first-order valence-electron chi connectivity index (χ1n) is 7.42. The van der Waals surface area contributed by atoms with Crippen molar-refractivity contribution in [2.45, 2.75) is 45.3 Å². The van der Waals surface area contributed by atoms with E-state index in [2.05, 4.69) is 17.4 Å². The van der Waals surface area contributed by atoms with Crippen LogP contribution >= 0.6 is 0 Å². The van der Waals surface area contributed by atoms with Crippen LogP contribution in [0.25, 0.3) is 0 Å². The minimum atomic E-state index is 0.00421. The maximum absolute atomic E-state index is 12.1. The third kappa shape index (κ3) is 3.73. The van der Waals surface area contributed by atoms with Crippen LogP contribution in [-0.4, -0.2) is 31.6 Å². The first kappa shape index (κ1) is 14.9. The Labute approximate surface area is 121 Å². The molecule has 2 N–H and O–H groups in total. The predicted octanol–water partition coefficient (Wildman–Crippen LogP) is 0.767. The van der Waals surface area contributed by atoms with Gasteiger partial charge in [0.05, 0.1) is 13.2 Å². The fourth-order valence-corrected chi connectivity index (χ4v) is 2.58. The number of quaternary nitrogens is 1. The molecule has 20 heavy (non-hydrogen) atoms. The molecule has 1 fully saturated rings. The molecule has 2 atom stereocenters. The molecule has 2 rings (SSSR count). The highest BCUT2D eigenvalue weighted by atomic mass is 16.5. The van der Waals surface area contributed by atoms with Crippen molar-refractivity contribution < 1.29 is 14.4 Å². The molecular formula is C16H25N2O2+. The Morgan fingerprint density at radius 3 is 2.55 bits per heavy atom. The van der Waals surface area contributed by atoms with Crippen molar-refractivity contribution in [2.75, 3.05) is 13.7 Å². The summed E-state index contributed by atoms with van der Waals surface area (Å²) in [5, 5.41) is 2.93. The smallest absolute Gasteiger partial charge is 0.278 e. The van der Waals surface area contributed by atoms with Gasteiger partial charge in [0.1, 0.15) is 12.3 Å². The molecule has 1 aliphatic carbocycles. The van der Waals surface area contributed by atoms with E-state index in [0.717, 1.165) is 12.3 Å². The molecule has 0 aromatic heterocycles. The van der Waals surface area contributed by atoms with E-state index in [4.69, 9.17) is 4.74 Å². The molecule has 0 aliphatic heterocycles. The number of rotatable bonds is 7. The topological polar surface area (TPSA) is 42.8 Å². The van der Waals surface area contributed by atoms with Gasteiger partial charge in [-0.05, 0) is 38.1 Å². The lowest BCUT2D eigenvalue weighted by molar-refractivity contribution is -0.938. The fourth-order valence-electron chi connectivity index (χ4n) is 2.58. The number of likely N-dealkylation sites (N-methyl/N-ethyl adjacent to an activating group) is 1. The van der Waals surface area contributed by atoms with E-state index >= 15 is 0 Å². The van der Waals surface area contributed by atoms with Gasteiger partial charge >= 0.3 is 0 Å². The fraction of sp³-hybridized carbons (Fsp3) is 0.562. The Bertz CT molecular complexity index is 440. The van der Waals surface area contributed by atoms with Crippen molar-refractivity contribution in [1.29, 1.82) is 0 Å². The highest BCUT2D eigenvalue weighted by Gasteiger charge is 2.38. The molecule has 0 radical (unpaired) electrons. The molecule has 1 saturated carbocycles. The minimum Gasteiger partial charge on any atom is -0.497 e. The van der Waals surface area contributed by atoms with E-state index in [9.17, 15) is 4.79 Å². The van der Waals surface area contributed by atoms with Gasteiger partial charge in [-0.1, -0.05) is 0 Å². The largest absolute Gasteiger partial charge is 0.497 e. The molecule has 4 heteroatoms. The van der Waals surface area contributed by atoms with E-state index in [1.165, 1.54) is 23.3 Å². The lowest BCUT2D eigenvalue weighted by atomic mass is 10.1. The Morgan fingerprint density at radius 1 is 1.40 bits per heavy atom. The van der Waals surface area contributed by atoms with Crippen molar-refractivity contribution in [1.82, 2.24) is 5.32 Å². The number of ether oxygens (including phenoxy) is 1. The summed E-state index contributed by atoms with van der Waals surface area (Å²) in [6, 6.07) is 8.78. The molecular weight excluding hydrogens is 252 g/mol. The van der Waals surface area contributed by atoms with Crippen LogP contribution < -0.4 is 15.0 Å². The normalized spacial score (nSPS) is 17.4. The number of nitrogens with one attached hydrogen (secondary N) is 2. The summed E-state index contributed by atoms with van der Waals surface area (Å²) in [6.07, 6.45) is 2.46. The summed E-state index contributed by atoms with van der Waals surface area (Å²) < 4.78 is 5.18. The maximum atomic E-state index is 12.1. The highest BCUT2D eigenvalue weighted by molar-refractivity contribution is 5.79. The molecule has 110 valence electrons. The zero-order chi connectivity index (χ0) is 14.5. The number of methoxy groups -OCH3 is 1. The van der Waals surface area contributed by atoms with Gasteiger partial charge in [0.25, 0.3) is 5.91 Å². The van der Waals surface area contributed by atoms with E-state index in [1.807, 2.05) is 26.0 Å². The molecule has 0 bridgehead atoms. The van der Waals surface area contributed by atoms with Crippen molar-refractivity contribution in [2.24, 2.45) is 0 Å². The lowest BCUT2D eigenvalue weighted by Gasteiger charge is -2.25. The van der Waals surface area contributed by atoms with Crippen LogP contribution in [0.5, 0.6) is 5.75 Å². The second-order valence-corrected chi connectivity index (χ2v) is 5.49. The van der Waals surface area contributed by atoms with Gasteiger partial charge in [0, 0.05) is 24.9 Å². The molecule has 1 aliphatic rings. The maximum Gasteiger partial charge on any atom is 0.278 e. The van der Waals surface area contributed by atoms with Crippen molar-refractivity contribution in [3.8, 4) is 5.75 Å². The summed E-state index contributed by atoms with van der Waals surface area (Å²) >= 11 is 0. The van der Waals surface area contributed by atoms with Gasteiger partial charge in [-0.3, -0.25) is 4.79 Å². The second kappa shape index (κ2) is 6.75. The number of carbonyl (C=O) groups excluding carboxylic acids is 1. The average molecular weight is 277 g/mol. The van der Waals surface area contributed by atoms with Gasteiger partial charge in [-0.15, -0.1) is 0 Å². The minimum absolute atomic E-state index is 0.00421. The first-order chi connectivity index (χ1) is 9.65. The molecule has 1 amide bonds. The molecule has 1 aromatic carbocycles. The third-order valence-electron chi connectivity index (χ3n) is 3.97. The number of carbonyl (C=O) groups is 1. The van der Waals surface area contributed by atoms with E-state index < -0.39 is 0 Å². The van der Waals surface area contributed by atoms with Crippen molar-refractivity contribution in [3.63, 3.8) is 0 Å². The summed E-state index contributed by atoms with van der Waals surface area (Å²) in [5.74, 6) is 1.03. The average Bonchev–Trinajstić information content (AvgIpc) is 3.29. The summed E-state index contributed by atoms with van der Waals surface area (Å²) in [6.45, 7) is 5.59. The Kier molecular flexibility index (Phi) is 5.01. The van der Waals surface area contributed by atoms with Gasteiger partial charge in [0.15, 0.2) is 6.04 Å². The van der Waals surface area contributed by atoms with Crippen LogP contribution in [0.4, 0.5) is 0 Å². The zero-order valence-electron chi connectivity index (χ0n) is 12.6. The second-order valence-electron chi connectivity index (χ2n) is 5.49. The number of amides is 1. The lowest BCUT2D eigenvalue weighted by Crippen LogP contribution is -3.16. The standard InChI is InChI=1S/C16H24N2O2/c1-4-17-16(19)12(2)18(14-7-8-14)11-13-5-9-15(20-3)10-6-13/h5-6,9-10,12,14H,4,7-8,11H2,1-3H3,(H,17,19)/p+1/t12-/m1/s1. The zero-order valence-corrected chi connectivity index (χ0v) is 12.6. The molecule has 0 saturated heterocycles. The third-order valence-corrected chi connectivity index (χ3v) is 3.97. The quantitative estimate of drug-likeness (QED) is 0.773. The molecule has 4 nitrogen and oxygen atoms in total. The molecule has 0 spiro atoms. The number of hydrogen-bond donors (Lipinski definition) is 2. The monoisotopic (exact) mass is 277 g/mol. The predicted molar refractivity (Wildman–Crippen MR) is 78.8 cm³/mol. The van der Waals surface area contributed by atoms with Crippen molar-refractivity contribution in [3.05, 3.63) is 29.8 Å². The molecule has 1 unspecified atom stereocenters. The van der Waals surface area contributed by atoms with Crippen LogP contribution in [-0.2, 0) is 11.3 Å². The van der Waals surface area contributed by atoms with Gasteiger partial charge < -0.3 is 15.0 Å². The first-order valence-corrected chi connectivity index (χ1v) is 7.42. The van der Waals surface area contributed by atoms with Crippen LogP contribution in [0.1, 0.15) is 32.3 Å². The molecule has 0 heterocycles. The summed E-state index contributed by atoms with van der Waals surface area (Å²) in [5.41, 5.74) is 1.25. The number of benzene rings is 1. The summed E-state index contributed by atoms with van der Waals surface area (Å²) in [4.78, 5) is 13.4. The molecule has 1 aromatic rings.